The van der Waals surface area contributed by atoms with Crippen LogP contribution in [0.5, 0.6) is 0 Å². The number of aliphatic hydroxyl groups is 2. The van der Waals surface area contributed by atoms with Crippen LogP contribution >= 0.6 is 0 Å². The van der Waals surface area contributed by atoms with Crippen molar-refractivity contribution in [3.63, 3.8) is 0 Å². The van der Waals surface area contributed by atoms with Crippen LogP contribution in [0, 0.1) is 0 Å². The van der Waals surface area contributed by atoms with Crippen molar-refractivity contribution in [2.24, 2.45) is 0 Å². The Morgan fingerprint density at radius 1 is 0.875 bits per heavy atom. The average Bonchev–Trinajstić information content (AvgIpc) is 2.58. The van der Waals surface area contributed by atoms with Crippen LogP contribution in [-0.2, 0) is 4.79 Å². The number of aliphatic hydroxyl groups excluding tert-OH is 2. The molecule has 2 atom stereocenters. The number of Topliss-reactive ketones (excluding diaryl/α,β-unsaturated/α-hetero) is 2. The highest BCUT2D eigenvalue weighted by Gasteiger charge is 2.31. The number of hydrogen-bond donors (Lipinski definition) is 3. The van der Waals surface area contributed by atoms with E-state index in [0.717, 1.165) is 0 Å². The third-order valence-corrected chi connectivity index (χ3v) is 4.05. The van der Waals surface area contributed by atoms with Crippen LogP contribution < -0.4 is 0 Å². The molecule has 0 amide bonds. The van der Waals surface area contributed by atoms with E-state index in [1.807, 2.05) is 0 Å². The quantitative estimate of drug-likeness (QED) is 0.736. The predicted molar refractivity (Wildman–Crippen MR) is 83.8 cm³/mol. The molecule has 6 heteroatoms. The van der Waals surface area contributed by atoms with Crippen LogP contribution in [0.1, 0.15) is 38.8 Å². The van der Waals surface area contributed by atoms with Gasteiger partial charge in [-0.3, -0.25) is 14.4 Å². The number of fused-ring (bicyclic) bond motifs is 3. The van der Waals surface area contributed by atoms with Crippen molar-refractivity contribution in [1.29, 1.82) is 0 Å². The number of ketones is 2. The Labute approximate surface area is 137 Å². The van der Waals surface area contributed by atoms with Crippen LogP contribution in [0.2, 0.25) is 0 Å². The van der Waals surface area contributed by atoms with E-state index < -0.39 is 36.2 Å². The molecule has 0 saturated carbocycles. The third kappa shape index (κ3) is 2.62. The van der Waals surface area contributed by atoms with E-state index in [-0.39, 0.29) is 16.7 Å². The molecule has 0 heterocycles. The van der Waals surface area contributed by atoms with E-state index in [0.29, 0.717) is 11.1 Å². The molecule has 3 rings (SSSR count). The van der Waals surface area contributed by atoms with Gasteiger partial charge in [0.25, 0.3) is 0 Å². The van der Waals surface area contributed by atoms with Crippen LogP contribution in [0.25, 0.3) is 11.1 Å². The van der Waals surface area contributed by atoms with E-state index in [2.05, 4.69) is 0 Å². The molecule has 1 aliphatic rings. The number of rotatable bonds is 4. The Bertz CT molecular complexity index is 854. The zero-order valence-electron chi connectivity index (χ0n) is 12.5. The molecule has 2 aromatic carbocycles. The van der Waals surface area contributed by atoms with E-state index in [1.54, 1.807) is 24.3 Å². The monoisotopic (exact) mass is 326 g/mol. The molecule has 2 unspecified atom stereocenters. The van der Waals surface area contributed by atoms with E-state index in [9.17, 15) is 24.6 Å². The lowest BCUT2D eigenvalue weighted by Gasteiger charge is -2.21. The zero-order chi connectivity index (χ0) is 17.4. The molecule has 0 saturated heterocycles. The Kier molecular flexibility index (Phi) is 4.01. The maximum Gasteiger partial charge on any atom is 0.306 e. The molecule has 1 aliphatic carbocycles. The minimum absolute atomic E-state index is 0.224. The van der Waals surface area contributed by atoms with Gasteiger partial charge in [0.15, 0.2) is 0 Å². The van der Waals surface area contributed by atoms with Gasteiger partial charge in [0, 0.05) is 11.1 Å². The number of carboxylic acid groups (broad SMARTS) is 1. The van der Waals surface area contributed by atoms with Gasteiger partial charge in [0.2, 0.25) is 11.6 Å². The second-order valence-corrected chi connectivity index (χ2v) is 5.62. The maximum atomic E-state index is 12.2. The maximum absolute atomic E-state index is 12.2. The highest BCUT2D eigenvalue weighted by molar-refractivity contribution is 6.52. The smallest absolute Gasteiger partial charge is 0.306 e. The van der Waals surface area contributed by atoms with E-state index in [4.69, 9.17) is 5.11 Å². The molecule has 0 aromatic heterocycles. The molecule has 0 fully saturated rings. The number of carbonyl (C=O) groups excluding carboxylic acids is 2. The number of aliphatic carboxylic acids is 1. The Balaban J connectivity index is 2.07. The molecule has 3 N–H and O–H groups in total. The van der Waals surface area contributed by atoms with Gasteiger partial charge in [0.05, 0.1) is 12.5 Å². The van der Waals surface area contributed by atoms with Gasteiger partial charge < -0.3 is 15.3 Å². The largest absolute Gasteiger partial charge is 0.481 e. The van der Waals surface area contributed by atoms with Gasteiger partial charge in [-0.25, -0.2) is 0 Å². The second-order valence-electron chi connectivity index (χ2n) is 5.62. The Morgan fingerprint density at radius 2 is 1.46 bits per heavy atom. The number of hydrogen-bond acceptors (Lipinski definition) is 5. The summed E-state index contributed by atoms with van der Waals surface area (Å²) in [6, 6.07) is 11.0. The minimum atomic E-state index is -1.48. The zero-order valence-corrected chi connectivity index (χ0v) is 12.5. The first kappa shape index (κ1) is 16.0. The number of carbonyl (C=O) groups is 3. The van der Waals surface area contributed by atoms with Gasteiger partial charge in [-0.2, -0.15) is 0 Å². The summed E-state index contributed by atoms with van der Waals surface area (Å²) >= 11 is 0. The molecule has 0 spiro atoms. The lowest BCUT2D eigenvalue weighted by atomic mass is 9.82. The fourth-order valence-corrected chi connectivity index (χ4v) is 2.84. The number of benzene rings is 2. The lowest BCUT2D eigenvalue weighted by molar-refractivity contribution is -0.141. The van der Waals surface area contributed by atoms with Gasteiger partial charge in [-0.1, -0.05) is 30.3 Å². The Morgan fingerprint density at radius 3 is 2.08 bits per heavy atom. The van der Waals surface area contributed by atoms with Crippen molar-refractivity contribution in [3.8, 4) is 11.1 Å². The molecular formula is C18H14O6. The van der Waals surface area contributed by atoms with Gasteiger partial charge in [0.1, 0.15) is 6.10 Å². The molecule has 0 bridgehead atoms. The highest BCUT2D eigenvalue weighted by Crippen LogP contribution is 2.35. The van der Waals surface area contributed by atoms with Crippen molar-refractivity contribution in [2.45, 2.75) is 18.6 Å². The predicted octanol–water partition coefficient (Wildman–Crippen LogP) is 1.60. The fraction of sp³-hybridized carbons (Fsp3) is 0.167. The normalized spacial score (nSPS) is 15.4. The summed E-state index contributed by atoms with van der Waals surface area (Å²) in [5.74, 6) is -2.45. The number of carboxylic acids is 1. The summed E-state index contributed by atoms with van der Waals surface area (Å²) in [4.78, 5) is 35.0. The van der Waals surface area contributed by atoms with Crippen LogP contribution in [-0.4, -0.2) is 39.0 Å². The Hall–Kier alpha value is -2.83. The van der Waals surface area contributed by atoms with Crippen molar-refractivity contribution in [3.05, 3.63) is 59.2 Å². The van der Waals surface area contributed by atoms with Crippen LogP contribution in [0.4, 0.5) is 0 Å². The molecular weight excluding hydrogens is 312 g/mol. The van der Waals surface area contributed by atoms with Gasteiger partial charge >= 0.3 is 5.97 Å². The molecule has 24 heavy (non-hydrogen) atoms. The van der Waals surface area contributed by atoms with Crippen LogP contribution in [0.3, 0.4) is 0 Å². The molecule has 0 aliphatic heterocycles. The first-order valence-electron chi connectivity index (χ1n) is 7.30. The highest BCUT2D eigenvalue weighted by atomic mass is 16.4. The summed E-state index contributed by atoms with van der Waals surface area (Å²) in [5.41, 5.74) is 1.84. The summed E-state index contributed by atoms with van der Waals surface area (Å²) in [6.07, 6.45) is -3.49. The van der Waals surface area contributed by atoms with Crippen molar-refractivity contribution < 1.29 is 29.7 Å². The second kappa shape index (κ2) is 5.99. The van der Waals surface area contributed by atoms with E-state index in [1.165, 1.54) is 18.2 Å². The van der Waals surface area contributed by atoms with Crippen molar-refractivity contribution in [2.75, 3.05) is 0 Å². The first-order chi connectivity index (χ1) is 11.4. The SMILES string of the molecule is O=C(O)CC(O)C(O)c1ccc2c(c1)-c1ccccc1C(=O)C2=O. The summed E-state index contributed by atoms with van der Waals surface area (Å²) in [5, 5.41) is 28.6. The average molecular weight is 326 g/mol. The molecule has 2 aromatic rings. The summed E-state index contributed by atoms with van der Waals surface area (Å²) < 4.78 is 0. The summed E-state index contributed by atoms with van der Waals surface area (Å²) in [6.45, 7) is 0. The molecule has 122 valence electrons. The van der Waals surface area contributed by atoms with Crippen molar-refractivity contribution >= 4 is 17.5 Å². The van der Waals surface area contributed by atoms with Gasteiger partial charge in [-0.05, 0) is 28.8 Å². The minimum Gasteiger partial charge on any atom is -0.481 e. The van der Waals surface area contributed by atoms with E-state index >= 15 is 0 Å². The van der Waals surface area contributed by atoms with Gasteiger partial charge in [-0.15, -0.1) is 0 Å². The molecule has 0 radical (unpaired) electrons. The standard InChI is InChI=1S/C18H14O6/c19-14(8-15(20)21)16(22)9-5-6-12-13(7-9)10-3-1-2-4-11(10)17(23)18(12)24/h1-7,14,16,19,22H,8H2,(H,20,21). The van der Waals surface area contributed by atoms with Crippen molar-refractivity contribution in [1.82, 2.24) is 0 Å². The fourth-order valence-electron chi connectivity index (χ4n) is 2.84. The summed E-state index contributed by atoms with van der Waals surface area (Å²) in [7, 11) is 0. The molecule has 6 nitrogen and oxygen atoms in total. The third-order valence-electron chi connectivity index (χ3n) is 4.05. The lowest BCUT2D eigenvalue weighted by Crippen LogP contribution is -2.24. The topological polar surface area (TPSA) is 112 Å². The first-order valence-corrected chi connectivity index (χ1v) is 7.30. The van der Waals surface area contributed by atoms with Crippen LogP contribution in [0.15, 0.2) is 42.5 Å².